The Bertz CT molecular complexity index is 1620. The van der Waals surface area contributed by atoms with Crippen LogP contribution in [0.1, 0.15) is 42.7 Å². The zero-order chi connectivity index (χ0) is 29.7. The molecule has 0 aliphatic carbocycles. The summed E-state index contributed by atoms with van der Waals surface area (Å²) in [6.07, 6.45) is 2.60. The van der Waals surface area contributed by atoms with Gasteiger partial charge in [-0.05, 0) is 37.6 Å². The van der Waals surface area contributed by atoms with Crippen LogP contribution in [-0.4, -0.2) is 64.7 Å². The number of hydrogen-bond donors (Lipinski definition) is 1. The van der Waals surface area contributed by atoms with Gasteiger partial charge in [0.05, 0.1) is 41.5 Å². The average Bonchev–Trinajstić information content (AvgIpc) is 3.45. The lowest BCUT2D eigenvalue weighted by Crippen LogP contribution is -2.45. The van der Waals surface area contributed by atoms with Crippen LogP contribution in [0.5, 0.6) is 5.88 Å². The number of carbonyl (C=O) groups excluding carboxylic acids is 1. The second kappa shape index (κ2) is 10.7. The Hall–Kier alpha value is -4.05. The number of methoxy groups -OCH3 is 1. The maximum atomic E-state index is 15.0. The molecule has 13 heteroatoms. The van der Waals surface area contributed by atoms with Gasteiger partial charge in [0, 0.05) is 39.6 Å². The van der Waals surface area contributed by atoms with Gasteiger partial charge >= 0.3 is 0 Å². The number of amides is 1. The monoisotopic (exact) mass is 580 g/mol. The SMILES string of the molecule is COc1nc(N(C)C)ncc1C1NC2C(=O)N(c3cc(Cl)cn(C)c3=O)C(c3ccc(C#N)c(F)c3)C2N1C(C)C. The first kappa shape index (κ1) is 28.5. The highest BCUT2D eigenvalue weighted by Crippen LogP contribution is 2.47. The number of ether oxygens (including phenoxy) is 1. The molecule has 5 rings (SSSR count). The molecule has 3 aromatic rings. The van der Waals surface area contributed by atoms with Gasteiger partial charge < -0.3 is 14.2 Å². The molecule has 2 aliphatic heterocycles. The van der Waals surface area contributed by atoms with E-state index in [-0.39, 0.29) is 28.2 Å². The first-order valence-electron chi connectivity index (χ1n) is 13.0. The lowest BCUT2D eigenvalue weighted by molar-refractivity contribution is -0.118. The van der Waals surface area contributed by atoms with Crippen LogP contribution in [-0.2, 0) is 11.8 Å². The lowest BCUT2D eigenvalue weighted by atomic mass is 9.95. The summed E-state index contributed by atoms with van der Waals surface area (Å²) in [5.74, 6) is -0.277. The number of nitriles is 1. The summed E-state index contributed by atoms with van der Waals surface area (Å²) in [4.78, 5) is 41.8. The van der Waals surface area contributed by atoms with Crippen LogP contribution in [0.15, 0.2) is 41.5 Å². The quantitative estimate of drug-likeness (QED) is 0.469. The van der Waals surface area contributed by atoms with Gasteiger partial charge in [-0.25, -0.2) is 9.37 Å². The van der Waals surface area contributed by atoms with Crippen LogP contribution in [0.25, 0.3) is 0 Å². The number of halogens is 2. The molecule has 214 valence electrons. The number of aromatic nitrogens is 3. The molecule has 0 radical (unpaired) electrons. The van der Waals surface area contributed by atoms with Crippen LogP contribution in [0.2, 0.25) is 5.02 Å². The molecular formula is C28H30ClFN8O3. The summed E-state index contributed by atoms with van der Waals surface area (Å²) < 4.78 is 21.9. The minimum absolute atomic E-state index is 0.0764. The Morgan fingerprint density at radius 2 is 1.98 bits per heavy atom. The van der Waals surface area contributed by atoms with E-state index in [9.17, 15) is 14.9 Å². The average molecular weight is 581 g/mol. The number of carbonyl (C=O) groups is 1. The van der Waals surface area contributed by atoms with Crippen molar-refractivity contribution in [2.45, 2.75) is 44.2 Å². The molecule has 4 heterocycles. The van der Waals surface area contributed by atoms with E-state index in [1.54, 1.807) is 24.2 Å². The zero-order valence-corrected chi connectivity index (χ0v) is 24.2. The van der Waals surface area contributed by atoms with E-state index >= 15 is 4.39 Å². The molecule has 2 fully saturated rings. The van der Waals surface area contributed by atoms with E-state index in [0.29, 0.717) is 23.0 Å². The highest BCUT2D eigenvalue weighted by atomic mass is 35.5. The number of fused-ring (bicyclic) bond motifs is 1. The molecule has 11 nitrogen and oxygen atoms in total. The summed E-state index contributed by atoms with van der Waals surface area (Å²) in [6.45, 7) is 3.97. The zero-order valence-electron chi connectivity index (χ0n) is 23.5. The van der Waals surface area contributed by atoms with E-state index in [4.69, 9.17) is 16.3 Å². The minimum atomic E-state index is -0.797. The predicted molar refractivity (Wildman–Crippen MR) is 151 cm³/mol. The van der Waals surface area contributed by atoms with Crippen LogP contribution in [0.3, 0.4) is 0 Å². The van der Waals surface area contributed by atoms with Crippen molar-refractivity contribution >= 4 is 29.1 Å². The smallest absolute Gasteiger partial charge is 0.274 e. The van der Waals surface area contributed by atoms with Crippen molar-refractivity contribution in [3.63, 3.8) is 0 Å². The first-order valence-corrected chi connectivity index (χ1v) is 13.4. The largest absolute Gasteiger partial charge is 0.481 e. The van der Waals surface area contributed by atoms with Crippen LogP contribution < -0.4 is 25.4 Å². The molecular weight excluding hydrogens is 551 g/mol. The molecule has 4 atom stereocenters. The fourth-order valence-electron chi connectivity index (χ4n) is 5.77. The second-order valence-corrected chi connectivity index (χ2v) is 11.0. The van der Waals surface area contributed by atoms with Crippen molar-refractivity contribution in [2.75, 3.05) is 31.0 Å². The highest BCUT2D eigenvalue weighted by molar-refractivity contribution is 6.30. The van der Waals surface area contributed by atoms with Gasteiger partial charge in [-0.15, -0.1) is 0 Å². The number of nitrogens with zero attached hydrogens (tertiary/aromatic N) is 7. The summed E-state index contributed by atoms with van der Waals surface area (Å²) in [7, 11) is 6.71. The van der Waals surface area contributed by atoms with E-state index < -0.39 is 35.7 Å². The van der Waals surface area contributed by atoms with Gasteiger partial charge in [0.1, 0.15) is 23.6 Å². The molecule has 4 unspecified atom stereocenters. The third-order valence-corrected chi connectivity index (χ3v) is 7.73. The molecule has 2 aromatic heterocycles. The van der Waals surface area contributed by atoms with Gasteiger partial charge in [0.2, 0.25) is 17.7 Å². The Kier molecular flexibility index (Phi) is 7.46. The molecule has 0 spiro atoms. The number of anilines is 2. The predicted octanol–water partition coefficient (Wildman–Crippen LogP) is 2.75. The molecule has 0 bridgehead atoms. The topological polar surface area (TPSA) is 120 Å². The maximum Gasteiger partial charge on any atom is 0.274 e. The van der Waals surface area contributed by atoms with Crippen molar-refractivity contribution < 1.29 is 13.9 Å². The number of pyridine rings is 1. The maximum absolute atomic E-state index is 15.0. The number of hydrogen-bond acceptors (Lipinski definition) is 9. The van der Waals surface area contributed by atoms with E-state index in [0.717, 1.165) is 0 Å². The molecule has 2 saturated heterocycles. The molecule has 1 amide bonds. The van der Waals surface area contributed by atoms with Gasteiger partial charge in [0.25, 0.3) is 5.56 Å². The third kappa shape index (κ3) is 4.69. The van der Waals surface area contributed by atoms with E-state index in [1.807, 2.05) is 34.0 Å². The molecule has 41 heavy (non-hydrogen) atoms. The van der Waals surface area contributed by atoms with Crippen molar-refractivity contribution in [2.24, 2.45) is 7.05 Å². The summed E-state index contributed by atoms with van der Waals surface area (Å²) in [5, 5.41) is 13.0. The Morgan fingerprint density at radius 3 is 2.59 bits per heavy atom. The Balaban J connectivity index is 1.70. The van der Waals surface area contributed by atoms with Crippen molar-refractivity contribution in [1.29, 1.82) is 5.26 Å². The lowest BCUT2D eigenvalue weighted by Gasteiger charge is -2.38. The van der Waals surface area contributed by atoms with Crippen LogP contribution >= 0.6 is 11.6 Å². The van der Waals surface area contributed by atoms with Crippen molar-refractivity contribution in [1.82, 2.24) is 24.8 Å². The molecule has 2 aliphatic rings. The van der Waals surface area contributed by atoms with Crippen LogP contribution in [0.4, 0.5) is 16.0 Å². The minimum Gasteiger partial charge on any atom is -0.481 e. The van der Waals surface area contributed by atoms with Crippen LogP contribution in [0, 0.1) is 17.1 Å². The van der Waals surface area contributed by atoms with Gasteiger partial charge in [-0.3, -0.25) is 24.7 Å². The number of benzene rings is 1. The Morgan fingerprint density at radius 1 is 1.24 bits per heavy atom. The molecule has 0 saturated carbocycles. The number of nitrogens with one attached hydrogen (secondary N) is 1. The van der Waals surface area contributed by atoms with Gasteiger partial charge in [-0.1, -0.05) is 17.7 Å². The third-order valence-electron chi connectivity index (χ3n) is 7.52. The summed E-state index contributed by atoms with van der Waals surface area (Å²) in [6, 6.07) is 5.28. The first-order chi connectivity index (χ1) is 19.5. The fourth-order valence-corrected chi connectivity index (χ4v) is 6.02. The number of rotatable bonds is 6. The standard InChI is InChI=1S/C28H30ClFN8O3/c1-14(2)37-23-21(33-24(37)18-12-32-28(35(3)4)34-25(18)41-6)27(40)38(20-10-17(29)13-36(5)26(20)39)22(23)15-7-8-16(11-31)19(30)9-15/h7-10,12-14,21-24,33H,1-6H3. The van der Waals surface area contributed by atoms with Gasteiger partial charge in [0.15, 0.2) is 0 Å². The van der Waals surface area contributed by atoms with Gasteiger partial charge in [-0.2, -0.15) is 10.2 Å². The normalized spacial score (nSPS) is 22.2. The summed E-state index contributed by atoms with van der Waals surface area (Å²) in [5.41, 5.74) is 0.592. The van der Waals surface area contributed by atoms with Crippen molar-refractivity contribution in [3.05, 3.63) is 74.5 Å². The van der Waals surface area contributed by atoms with Crippen molar-refractivity contribution in [3.8, 4) is 11.9 Å². The fraction of sp³-hybridized carbons (Fsp3) is 0.393. The van der Waals surface area contributed by atoms with E-state index in [2.05, 4.69) is 20.2 Å². The Labute approximate surface area is 241 Å². The highest BCUT2D eigenvalue weighted by Gasteiger charge is 2.59. The van der Waals surface area contributed by atoms with E-state index in [1.165, 1.54) is 41.0 Å². The second-order valence-electron chi connectivity index (χ2n) is 10.6. The molecule has 1 N–H and O–H groups in total. The molecule has 1 aromatic carbocycles. The number of aryl methyl sites for hydroxylation is 1. The summed E-state index contributed by atoms with van der Waals surface area (Å²) >= 11 is 6.33.